The van der Waals surface area contributed by atoms with E-state index in [-0.39, 0.29) is 0 Å². The van der Waals surface area contributed by atoms with Crippen LogP contribution in [0.15, 0.2) is 59.3 Å². The van der Waals surface area contributed by atoms with Gasteiger partial charge in [-0.1, -0.05) is 12.1 Å². The van der Waals surface area contributed by atoms with Crippen LogP contribution < -0.4 is 9.47 Å². The topological polar surface area (TPSA) is 35.5 Å². The van der Waals surface area contributed by atoms with E-state index in [4.69, 9.17) is 13.7 Å². The van der Waals surface area contributed by atoms with Gasteiger partial charge >= 0.3 is 0 Å². The first-order chi connectivity index (χ1) is 11.8. The number of methoxy groups -OCH3 is 2. The number of fused-ring (bicyclic) bond motifs is 2. The van der Waals surface area contributed by atoms with Gasteiger partial charge in [-0.3, -0.25) is 0 Å². The molecule has 3 nitrogen and oxygen atoms in total. The molecule has 4 rings (SSSR count). The molecule has 0 saturated heterocycles. The summed E-state index contributed by atoms with van der Waals surface area (Å²) in [5, 5.41) is 6.57. The van der Waals surface area contributed by atoms with Gasteiger partial charge in [0.2, 0.25) is 0 Å². The smallest absolute Gasteiger partial charge is 0.197 e. The summed E-state index contributed by atoms with van der Waals surface area (Å²) in [6.07, 6.45) is 0. The molecule has 0 spiro atoms. The Balaban J connectivity index is 0.000000158. The third-order valence-corrected chi connectivity index (χ3v) is 5.12. The van der Waals surface area contributed by atoms with E-state index < -0.39 is 0 Å². The molecular formula is C18H16O3S3. The zero-order valence-corrected chi connectivity index (χ0v) is 15.7. The fourth-order valence-electron chi connectivity index (χ4n) is 2.29. The lowest BCUT2D eigenvalue weighted by atomic mass is 10.2. The summed E-state index contributed by atoms with van der Waals surface area (Å²) >= 11 is 6.31. The largest absolute Gasteiger partial charge is 0.496 e. The number of rotatable bonds is 2. The third kappa shape index (κ3) is 4.08. The Kier molecular flexibility index (Phi) is 7.11. The average Bonchev–Trinajstić information content (AvgIpc) is 3.32. The van der Waals surface area contributed by atoms with E-state index in [9.17, 15) is 0 Å². The van der Waals surface area contributed by atoms with Crippen LogP contribution in [0, 0.1) is 0 Å². The maximum Gasteiger partial charge on any atom is 0.197 e. The van der Waals surface area contributed by atoms with Gasteiger partial charge in [-0.25, -0.2) is 0 Å². The first-order valence-corrected chi connectivity index (χ1v) is 9.10. The molecule has 2 aromatic carbocycles. The fraction of sp³-hybridized carbons (Fsp3) is 0.111. The Bertz CT molecular complexity index is 824. The minimum Gasteiger partial charge on any atom is -0.496 e. The van der Waals surface area contributed by atoms with E-state index in [1.807, 2.05) is 24.3 Å². The van der Waals surface area contributed by atoms with Crippen LogP contribution in [0.25, 0.3) is 20.2 Å². The first kappa shape index (κ1) is 18.3. The molecule has 0 atom stereocenters. The van der Waals surface area contributed by atoms with Crippen molar-refractivity contribution < 1.29 is 13.7 Å². The minimum atomic E-state index is 0.962. The quantitative estimate of drug-likeness (QED) is 0.464. The zero-order chi connectivity index (χ0) is 17.4. The predicted octanol–water partition coefficient (Wildman–Crippen LogP) is 5.48. The maximum atomic E-state index is 7.83. The predicted molar refractivity (Wildman–Crippen MR) is 105 cm³/mol. The SMILES string of the molecule is COc1cccc2sccc12.COc1cccc2sccc12.O=S. The average molecular weight is 377 g/mol. The highest BCUT2D eigenvalue weighted by atomic mass is 32.1. The van der Waals surface area contributed by atoms with Gasteiger partial charge in [-0.2, -0.15) is 4.21 Å². The summed E-state index contributed by atoms with van der Waals surface area (Å²) < 4.78 is 20.8. The zero-order valence-electron chi connectivity index (χ0n) is 13.2. The van der Waals surface area contributed by atoms with Gasteiger partial charge in [-0.05, 0) is 47.2 Å². The van der Waals surface area contributed by atoms with Gasteiger partial charge in [0, 0.05) is 20.2 Å². The summed E-state index contributed by atoms with van der Waals surface area (Å²) in [7, 11) is 3.40. The Labute approximate surface area is 154 Å². The second kappa shape index (κ2) is 9.32. The fourth-order valence-corrected chi connectivity index (χ4v) is 3.90. The Hall–Kier alpha value is -2.02. The van der Waals surface area contributed by atoms with Gasteiger partial charge in [-0.15, -0.1) is 22.7 Å². The van der Waals surface area contributed by atoms with E-state index in [0.29, 0.717) is 0 Å². The number of ether oxygens (including phenoxy) is 2. The number of benzene rings is 2. The Morgan fingerprint density at radius 3 is 1.50 bits per heavy atom. The summed E-state index contributed by atoms with van der Waals surface area (Å²) in [4.78, 5) is 0. The van der Waals surface area contributed by atoms with Gasteiger partial charge in [0.1, 0.15) is 11.5 Å². The lowest BCUT2D eigenvalue weighted by Gasteiger charge is -1.99. The molecule has 0 radical (unpaired) electrons. The first-order valence-electron chi connectivity index (χ1n) is 7.00. The minimum absolute atomic E-state index is 0.962. The molecule has 0 unspecified atom stereocenters. The van der Waals surface area contributed by atoms with Crippen molar-refractivity contribution >= 4 is 55.4 Å². The lowest BCUT2D eigenvalue weighted by molar-refractivity contribution is 0.420. The monoisotopic (exact) mass is 376 g/mol. The molecule has 4 aromatic rings. The van der Waals surface area contributed by atoms with Gasteiger partial charge in [0.05, 0.1) is 14.2 Å². The molecule has 2 heterocycles. The third-order valence-electron chi connectivity index (χ3n) is 3.35. The van der Waals surface area contributed by atoms with E-state index in [2.05, 4.69) is 47.6 Å². The van der Waals surface area contributed by atoms with E-state index >= 15 is 0 Å². The number of thiophene rings is 2. The van der Waals surface area contributed by atoms with Crippen LogP contribution in [-0.4, -0.2) is 18.4 Å². The molecule has 0 aliphatic carbocycles. The summed E-state index contributed by atoms with van der Waals surface area (Å²) in [6, 6.07) is 16.3. The normalized spacial score (nSPS) is 9.58. The van der Waals surface area contributed by atoms with Crippen molar-refractivity contribution in [2.45, 2.75) is 0 Å². The van der Waals surface area contributed by atoms with Crippen molar-refractivity contribution in [3.63, 3.8) is 0 Å². The molecule has 0 fully saturated rings. The van der Waals surface area contributed by atoms with E-state index in [0.717, 1.165) is 11.5 Å². The lowest BCUT2D eigenvalue weighted by Crippen LogP contribution is -1.80. The van der Waals surface area contributed by atoms with E-state index in [1.54, 1.807) is 36.9 Å². The summed E-state index contributed by atoms with van der Waals surface area (Å²) in [6.45, 7) is 0. The van der Waals surface area contributed by atoms with Gasteiger partial charge < -0.3 is 9.47 Å². The molecule has 2 aromatic heterocycles. The highest BCUT2D eigenvalue weighted by molar-refractivity contribution is 7.44. The maximum absolute atomic E-state index is 7.83. The van der Waals surface area contributed by atoms with Crippen LogP contribution in [0.2, 0.25) is 0 Å². The van der Waals surface area contributed by atoms with Crippen LogP contribution >= 0.6 is 22.7 Å². The molecule has 0 aliphatic rings. The molecule has 0 amide bonds. The van der Waals surface area contributed by atoms with Crippen molar-refractivity contribution in [3.8, 4) is 11.5 Å². The molecule has 24 heavy (non-hydrogen) atoms. The second-order valence-corrected chi connectivity index (χ2v) is 6.48. The Morgan fingerprint density at radius 1 is 0.708 bits per heavy atom. The van der Waals surface area contributed by atoms with Crippen LogP contribution in [0.1, 0.15) is 0 Å². The van der Waals surface area contributed by atoms with Crippen molar-refractivity contribution in [3.05, 3.63) is 59.3 Å². The van der Waals surface area contributed by atoms with Crippen molar-refractivity contribution in [2.24, 2.45) is 0 Å². The number of hydrogen-bond donors (Lipinski definition) is 0. The Morgan fingerprint density at radius 2 is 1.12 bits per heavy atom. The summed E-state index contributed by atoms with van der Waals surface area (Å²) in [5.41, 5.74) is 0. The molecular weight excluding hydrogens is 360 g/mol. The van der Waals surface area contributed by atoms with Crippen molar-refractivity contribution in [1.29, 1.82) is 0 Å². The molecule has 0 aliphatic heterocycles. The summed E-state index contributed by atoms with van der Waals surface area (Å²) in [5.74, 6) is 1.92. The highest BCUT2D eigenvalue weighted by Crippen LogP contribution is 2.29. The standard InChI is InChI=1S/2C9H8OS.OS/c2*1-10-8-3-2-4-9-7(8)5-6-11-9;1-2/h2*2-6H,1H3;. The molecule has 124 valence electrons. The highest BCUT2D eigenvalue weighted by Gasteiger charge is 2.00. The van der Waals surface area contributed by atoms with Crippen LogP contribution in [0.4, 0.5) is 0 Å². The van der Waals surface area contributed by atoms with E-state index in [1.165, 1.54) is 20.2 Å². The second-order valence-electron chi connectivity index (χ2n) is 4.59. The van der Waals surface area contributed by atoms with Gasteiger partial charge in [0.15, 0.2) is 12.5 Å². The molecule has 0 N–H and O–H groups in total. The van der Waals surface area contributed by atoms with Crippen LogP contribution in [-0.2, 0) is 12.5 Å². The number of hydrogen-bond acceptors (Lipinski definition) is 6. The van der Waals surface area contributed by atoms with Crippen molar-refractivity contribution in [1.82, 2.24) is 0 Å². The molecule has 0 saturated carbocycles. The van der Waals surface area contributed by atoms with Crippen LogP contribution in [0.5, 0.6) is 11.5 Å². The van der Waals surface area contributed by atoms with Gasteiger partial charge in [0.25, 0.3) is 0 Å². The molecule has 0 bridgehead atoms. The van der Waals surface area contributed by atoms with Crippen LogP contribution in [0.3, 0.4) is 0 Å². The van der Waals surface area contributed by atoms with Crippen molar-refractivity contribution in [2.75, 3.05) is 14.2 Å². The molecule has 6 heteroatoms.